The zero-order valence-electron chi connectivity index (χ0n) is 15.1. The fraction of sp³-hybridized carbons (Fsp3) is 0.889. The number of methoxy groups -OCH3 is 1. The minimum atomic E-state index is -0.143. The Morgan fingerprint density at radius 3 is 2.50 bits per heavy atom. The van der Waals surface area contributed by atoms with E-state index in [1.54, 1.807) is 14.0 Å². The quantitative estimate of drug-likeness (QED) is 0.840. The monoisotopic (exact) mass is 337 g/mol. The molecule has 3 fully saturated rings. The SMILES string of the molecule is CO[C@@H]1CCC[C@H]1NC(=O)N1CCN(C(C)=O)C2(CCCCC2)C1. The molecule has 1 heterocycles. The van der Waals surface area contributed by atoms with Gasteiger partial charge in [0.15, 0.2) is 0 Å². The fourth-order valence-corrected chi connectivity index (χ4v) is 4.90. The van der Waals surface area contributed by atoms with Crippen molar-refractivity contribution in [2.75, 3.05) is 26.7 Å². The van der Waals surface area contributed by atoms with E-state index in [9.17, 15) is 9.59 Å². The van der Waals surface area contributed by atoms with Crippen molar-refractivity contribution in [2.45, 2.75) is 76.0 Å². The molecule has 1 spiro atoms. The maximum Gasteiger partial charge on any atom is 0.317 e. The van der Waals surface area contributed by atoms with E-state index < -0.39 is 0 Å². The zero-order chi connectivity index (χ0) is 17.2. The summed E-state index contributed by atoms with van der Waals surface area (Å²) in [5, 5.41) is 3.17. The lowest BCUT2D eigenvalue weighted by Gasteiger charge is -2.52. The van der Waals surface area contributed by atoms with Crippen LogP contribution in [0.3, 0.4) is 0 Å². The Bertz CT molecular complexity index is 476. The van der Waals surface area contributed by atoms with Crippen LogP contribution in [0.2, 0.25) is 0 Å². The van der Waals surface area contributed by atoms with Crippen LogP contribution in [-0.2, 0) is 9.53 Å². The predicted octanol–water partition coefficient (Wildman–Crippen LogP) is 2.13. The Morgan fingerprint density at radius 1 is 1.08 bits per heavy atom. The third kappa shape index (κ3) is 3.39. The second-order valence-electron chi connectivity index (χ2n) is 7.64. The van der Waals surface area contributed by atoms with E-state index in [0.29, 0.717) is 19.6 Å². The second kappa shape index (κ2) is 7.30. The molecule has 0 aromatic rings. The third-order valence-electron chi connectivity index (χ3n) is 6.17. The molecule has 2 aliphatic carbocycles. The molecule has 0 radical (unpaired) electrons. The largest absolute Gasteiger partial charge is 0.379 e. The summed E-state index contributed by atoms with van der Waals surface area (Å²) in [5.41, 5.74) is -0.143. The van der Waals surface area contributed by atoms with Gasteiger partial charge < -0.3 is 19.9 Å². The molecule has 1 saturated heterocycles. The summed E-state index contributed by atoms with van der Waals surface area (Å²) in [5.74, 6) is 0.146. The molecule has 2 saturated carbocycles. The molecule has 3 rings (SSSR count). The van der Waals surface area contributed by atoms with Crippen molar-refractivity contribution in [3.05, 3.63) is 0 Å². The number of rotatable bonds is 2. The number of hydrogen-bond donors (Lipinski definition) is 1. The van der Waals surface area contributed by atoms with Gasteiger partial charge in [0.2, 0.25) is 5.91 Å². The van der Waals surface area contributed by atoms with Crippen LogP contribution in [0.4, 0.5) is 4.79 Å². The van der Waals surface area contributed by atoms with Gasteiger partial charge in [-0.1, -0.05) is 19.3 Å². The summed E-state index contributed by atoms with van der Waals surface area (Å²) in [6.45, 7) is 3.61. The van der Waals surface area contributed by atoms with E-state index >= 15 is 0 Å². The Balaban J connectivity index is 1.66. The normalized spacial score (nSPS) is 29.8. The molecule has 24 heavy (non-hydrogen) atoms. The molecule has 2 atom stereocenters. The Kier molecular flexibility index (Phi) is 5.33. The van der Waals surface area contributed by atoms with E-state index in [-0.39, 0.29) is 29.6 Å². The number of nitrogens with one attached hydrogen (secondary N) is 1. The van der Waals surface area contributed by atoms with Crippen molar-refractivity contribution in [2.24, 2.45) is 0 Å². The van der Waals surface area contributed by atoms with Gasteiger partial charge in [0.25, 0.3) is 0 Å². The van der Waals surface area contributed by atoms with Crippen LogP contribution in [0.5, 0.6) is 0 Å². The molecule has 1 N–H and O–H groups in total. The van der Waals surface area contributed by atoms with E-state index in [2.05, 4.69) is 5.32 Å². The summed E-state index contributed by atoms with van der Waals surface area (Å²) >= 11 is 0. The first-order chi connectivity index (χ1) is 11.6. The highest BCUT2D eigenvalue weighted by Crippen LogP contribution is 2.36. The Hall–Kier alpha value is -1.30. The van der Waals surface area contributed by atoms with Gasteiger partial charge in [-0.25, -0.2) is 4.79 Å². The maximum atomic E-state index is 12.8. The van der Waals surface area contributed by atoms with Crippen LogP contribution < -0.4 is 5.32 Å². The molecule has 3 aliphatic rings. The minimum Gasteiger partial charge on any atom is -0.379 e. The number of hydrogen-bond acceptors (Lipinski definition) is 3. The summed E-state index contributed by atoms with van der Waals surface area (Å²) in [6.07, 6.45) is 8.80. The van der Waals surface area contributed by atoms with E-state index in [1.165, 1.54) is 6.42 Å². The number of amides is 3. The van der Waals surface area contributed by atoms with Crippen LogP contribution in [0.15, 0.2) is 0 Å². The molecular formula is C18H31N3O3. The lowest BCUT2D eigenvalue weighted by molar-refractivity contribution is -0.141. The van der Waals surface area contributed by atoms with Crippen molar-refractivity contribution < 1.29 is 14.3 Å². The molecule has 0 bridgehead atoms. The highest BCUT2D eigenvalue weighted by Gasteiger charge is 2.45. The minimum absolute atomic E-state index is 0.0112. The summed E-state index contributed by atoms with van der Waals surface area (Å²) < 4.78 is 5.48. The van der Waals surface area contributed by atoms with Crippen molar-refractivity contribution in [1.82, 2.24) is 15.1 Å². The number of carbonyl (C=O) groups is 2. The second-order valence-corrected chi connectivity index (χ2v) is 7.64. The van der Waals surface area contributed by atoms with Crippen molar-refractivity contribution in [3.63, 3.8) is 0 Å². The molecule has 0 aromatic carbocycles. The van der Waals surface area contributed by atoms with E-state index in [0.717, 1.165) is 44.9 Å². The van der Waals surface area contributed by atoms with Crippen LogP contribution in [0.25, 0.3) is 0 Å². The van der Waals surface area contributed by atoms with Gasteiger partial charge in [-0.2, -0.15) is 0 Å². The Labute approximate surface area is 144 Å². The average Bonchev–Trinajstić information content (AvgIpc) is 3.02. The van der Waals surface area contributed by atoms with Gasteiger partial charge in [0, 0.05) is 33.7 Å². The average molecular weight is 337 g/mol. The van der Waals surface area contributed by atoms with Gasteiger partial charge in [-0.15, -0.1) is 0 Å². The molecule has 1 aliphatic heterocycles. The molecule has 3 amide bonds. The number of ether oxygens (including phenoxy) is 1. The number of carbonyl (C=O) groups excluding carboxylic acids is 2. The Morgan fingerprint density at radius 2 is 1.83 bits per heavy atom. The highest BCUT2D eigenvalue weighted by molar-refractivity contribution is 5.77. The van der Waals surface area contributed by atoms with Crippen molar-refractivity contribution >= 4 is 11.9 Å². The predicted molar refractivity (Wildman–Crippen MR) is 91.7 cm³/mol. The van der Waals surface area contributed by atoms with Crippen molar-refractivity contribution in [1.29, 1.82) is 0 Å². The number of nitrogens with zero attached hydrogens (tertiary/aromatic N) is 2. The summed E-state index contributed by atoms with van der Waals surface area (Å²) in [4.78, 5) is 28.8. The molecule has 136 valence electrons. The number of urea groups is 1. The zero-order valence-corrected chi connectivity index (χ0v) is 15.1. The molecule has 6 heteroatoms. The van der Waals surface area contributed by atoms with Crippen LogP contribution in [-0.4, -0.2) is 66.2 Å². The lowest BCUT2D eigenvalue weighted by Crippen LogP contribution is -2.66. The first kappa shape index (κ1) is 17.5. The van der Waals surface area contributed by atoms with Crippen LogP contribution in [0, 0.1) is 0 Å². The number of piperazine rings is 1. The van der Waals surface area contributed by atoms with E-state index in [1.807, 2.05) is 9.80 Å². The molecule has 0 aromatic heterocycles. The highest BCUT2D eigenvalue weighted by atomic mass is 16.5. The van der Waals surface area contributed by atoms with Gasteiger partial charge in [-0.3, -0.25) is 4.79 Å². The first-order valence-electron chi connectivity index (χ1n) is 9.42. The van der Waals surface area contributed by atoms with Gasteiger partial charge in [-0.05, 0) is 32.1 Å². The molecule has 0 unspecified atom stereocenters. The van der Waals surface area contributed by atoms with Crippen LogP contribution >= 0.6 is 0 Å². The van der Waals surface area contributed by atoms with Crippen molar-refractivity contribution in [3.8, 4) is 0 Å². The smallest absolute Gasteiger partial charge is 0.317 e. The van der Waals surface area contributed by atoms with Gasteiger partial charge in [0.05, 0.1) is 17.7 Å². The standard InChI is InChI=1S/C18H31N3O3/c1-14(22)21-12-11-20(13-18(21)9-4-3-5-10-18)17(23)19-15-7-6-8-16(15)24-2/h15-16H,3-13H2,1-2H3,(H,19,23)/t15-,16-/m1/s1. The van der Waals surface area contributed by atoms with Gasteiger partial charge in [0.1, 0.15) is 0 Å². The first-order valence-corrected chi connectivity index (χ1v) is 9.42. The lowest BCUT2D eigenvalue weighted by atomic mass is 9.78. The summed E-state index contributed by atoms with van der Waals surface area (Å²) in [6, 6.07) is 0.132. The third-order valence-corrected chi connectivity index (χ3v) is 6.17. The maximum absolute atomic E-state index is 12.8. The summed E-state index contributed by atoms with van der Waals surface area (Å²) in [7, 11) is 1.72. The molecular weight excluding hydrogens is 306 g/mol. The fourth-order valence-electron chi connectivity index (χ4n) is 4.90. The molecule has 6 nitrogen and oxygen atoms in total. The van der Waals surface area contributed by atoms with Crippen LogP contribution in [0.1, 0.15) is 58.3 Å². The van der Waals surface area contributed by atoms with E-state index in [4.69, 9.17) is 4.74 Å². The topological polar surface area (TPSA) is 61.9 Å². The van der Waals surface area contributed by atoms with Gasteiger partial charge >= 0.3 is 6.03 Å².